The van der Waals surface area contributed by atoms with E-state index in [4.69, 9.17) is 0 Å². The summed E-state index contributed by atoms with van der Waals surface area (Å²) in [6, 6.07) is 8.06. The second kappa shape index (κ2) is 12.2. The highest BCUT2D eigenvalue weighted by Crippen LogP contribution is 2.25. The Morgan fingerprint density at radius 3 is 1.94 bits per heavy atom. The van der Waals surface area contributed by atoms with E-state index in [9.17, 15) is 4.79 Å². The van der Waals surface area contributed by atoms with E-state index < -0.39 is 0 Å². The Kier molecular flexibility index (Phi) is 12.9. The summed E-state index contributed by atoms with van der Waals surface area (Å²) in [5, 5.41) is 0. The zero-order valence-corrected chi connectivity index (χ0v) is 13.1. The Hall–Kier alpha value is -1.31. The second-order valence-corrected chi connectivity index (χ2v) is 3.08. The van der Waals surface area contributed by atoms with Gasteiger partial charge in [-0.05, 0) is 18.1 Å². The number of hydrogen-bond acceptors (Lipinski definition) is 1. The van der Waals surface area contributed by atoms with Crippen LogP contribution in [0.3, 0.4) is 0 Å². The molecule has 2 rings (SSSR count). The molecule has 1 amide bonds. The Balaban J connectivity index is 0. The zero-order chi connectivity index (χ0) is 14.6. The van der Waals surface area contributed by atoms with Crippen molar-refractivity contribution >= 4 is 11.6 Å². The fourth-order valence-electron chi connectivity index (χ4n) is 1.59. The SMILES string of the molecule is CC.CC.CC.CN1C(=O)CCc2ccccc21. The van der Waals surface area contributed by atoms with Gasteiger partial charge in [0.2, 0.25) is 5.91 Å². The third-order valence-corrected chi connectivity index (χ3v) is 2.34. The van der Waals surface area contributed by atoms with Crippen molar-refractivity contribution in [1.82, 2.24) is 0 Å². The number of carbonyl (C=O) groups is 1. The highest BCUT2D eigenvalue weighted by Gasteiger charge is 2.19. The van der Waals surface area contributed by atoms with Crippen molar-refractivity contribution in [3.8, 4) is 0 Å². The molecule has 1 aliphatic heterocycles. The van der Waals surface area contributed by atoms with Gasteiger partial charge < -0.3 is 4.90 Å². The van der Waals surface area contributed by atoms with E-state index in [-0.39, 0.29) is 5.91 Å². The number of nitrogens with zero attached hydrogens (tertiary/aromatic N) is 1. The molecule has 0 saturated heterocycles. The van der Waals surface area contributed by atoms with Crippen LogP contribution in [0.4, 0.5) is 5.69 Å². The van der Waals surface area contributed by atoms with Crippen LogP contribution in [0.1, 0.15) is 53.5 Å². The normalized spacial score (nSPS) is 11.7. The van der Waals surface area contributed by atoms with Crippen LogP contribution in [-0.2, 0) is 11.2 Å². The quantitative estimate of drug-likeness (QED) is 0.656. The van der Waals surface area contributed by atoms with Gasteiger partial charge in [0.1, 0.15) is 0 Å². The second-order valence-electron chi connectivity index (χ2n) is 3.08. The maximum atomic E-state index is 11.3. The number of aryl methyl sites for hydroxylation is 1. The average Bonchev–Trinajstić information content (AvgIpc) is 2.49. The molecule has 0 radical (unpaired) electrons. The Bertz CT molecular complexity index is 321. The molecule has 0 atom stereocenters. The smallest absolute Gasteiger partial charge is 0.227 e. The molecule has 0 N–H and O–H groups in total. The van der Waals surface area contributed by atoms with Crippen LogP contribution in [0.25, 0.3) is 0 Å². The molecule has 0 aromatic heterocycles. The minimum absolute atomic E-state index is 0.216. The predicted molar refractivity (Wildman–Crippen MR) is 82.2 cm³/mol. The fourth-order valence-corrected chi connectivity index (χ4v) is 1.59. The third kappa shape index (κ3) is 5.35. The van der Waals surface area contributed by atoms with Crippen LogP contribution in [-0.4, -0.2) is 13.0 Å². The number of benzene rings is 1. The van der Waals surface area contributed by atoms with E-state index in [1.807, 2.05) is 66.8 Å². The number of rotatable bonds is 0. The number of anilines is 1. The third-order valence-electron chi connectivity index (χ3n) is 2.34. The summed E-state index contributed by atoms with van der Waals surface area (Å²) in [6.45, 7) is 12.0. The first-order valence-corrected chi connectivity index (χ1v) is 7.13. The van der Waals surface area contributed by atoms with E-state index in [2.05, 4.69) is 6.07 Å². The zero-order valence-electron chi connectivity index (χ0n) is 13.1. The van der Waals surface area contributed by atoms with Gasteiger partial charge in [-0.15, -0.1) is 0 Å². The molecule has 0 spiro atoms. The van der Waals surface area contributed by atoms with Gasteiger partial charge in [-0.25, -0.2) is 0 Å². The lowest BCUT2D eigenvalue weighted by Crippen LogP contribution is -2.30. The topological polar surface area (TPSA) is 20.3 Å². The Morgan fingerprint density at radius 1 is 0.889 bits per heavy atom. The fraction of sp³-hybridized carbons (Fsp3) is 0.562. The minimum atomic E-state index is 0.216. The molecule has 2 nitrogen and oxygen atoms in total. The summed E-state index contributed by atoms with van der Waals surface area (Å²) in [5.74, 6) is 0.216. The lowest BCUT2D eigenvalue weighted by Gasteiger charge is -2.25. The molecule has 0 unspecified atom stereocenters. The Morgan fingerprint density at radius 2 is 1.39 bits per heavy atom. The highest BCUT2D eigenvalue weighted by molar-refractivity contribution is 5.95. The molecule has 104 valence electrons. The Labute approximate surface area is 113 Å². The average molecular weight is 251 g/mol. The van der Waals surface area contributed by atoms with E-state index in [0.29, 0.717) is 6.42 Å². The van der Waals surface area contributed by atoms with Gasteiger partial charge in [-0.2, -0.15) is 0 Å². The summed E-state index contributed by atoms with van der Waals surface area (Å²) in [4.78, 5) is 13.0. The maximum Gasteiger partial charge on any atom is 0.227 e. The summed E-state index contributed by atoms with van der Waals surface area (Å²) in [6.07, 6.45) is 1.53. The van der Waals surface area contributed by atoms with Gasteiger partial charge in [0.15, 0.2) is 0 Å². The van der Waals surface area contributed by atoms with Crippen LogP contribution in [0.5, 0.6) is 0 Å². The van der Waals surface area contributed by atoms with Crippen molar-refractivity contribution in [3.05, 3.63) is 29.8 Å². The van der Waals surface area contributed by atoms with Crippen molar-refractivity contribution in [2.24, 2.45) is 0 Å². The van der Waals surface area contributed by atoms with Gasteiger partial charge in [0.05, 0.1) is 0 Å². The lowest BCUT2D eigenvalue weighted by atomic mass is 10.0. The molecule has 1 aromatic rings. The van der Waals surface area contributed by atoms with E-state index in [1.165, 1.54) is 5.56 Å². The van der Waals surface area contributed by atoms with E-state index in [0.717, 1.165) is 12.1 Å². The predicted octanol–water partition coefficient (Wildman–Crippen LogP) is 4.67. The van der Waals surface area contributed by atoms with E-state index in [1.54, 1.807) is 4.90 Å². The van der Waals surface area contributed by atoms with Crippen molar-refractivity contribution in [3.63, 3.8) is 0 Å². The number of amides is 1. The van der Waals surface area contributed by atoms with Crippen molar-refractivity contribution in [2.45, 2.75) is 54.4 Å². The molecular weight excluding hydrogens is 222 g/mol. The summed E-state index contributed by atoms with van der Waals surface area (Å²) in [5.41, 5.74) is 2.34. The number of carbonyl (C=O) groups excluding carboxylic acids is 1. The molecule has 0 fully saturated rings. The monoisotopic (exact) mass is 251 g/mol. The molecule has 1 heterocycles. The molecule has 0 saturated carbocycles. The number of para-hydroxylation sites is 1. The highest BCUT2D eigenvalue weighted by atomic mass is 16.2. The molecule has 1 aromatic carbocycles. The van der Waals surface area contributed by atoms with Crippen molar-refractivity contribution in [1.29, 1.82) is 0 Å². The first-order chi connectivity index (χ1) is 8.79. The summed E-state index contributed by atoms with van der Waals surface area (Å²) < 4.78 is 0. The molecule has 0 aliphatic carbocycles. The number of fused-ring (bicyclic) bond motifs is 1. The van der Waals surface area contributed by atoms with Crippen LogP contribution in [0.2, 0.25) is 0 Å². The summed E-state index contributed by atoms with van der Waals surface area (Å²) >= 11 is 0. The van der Waals surface area contributed by atoms with Gasteiger partial charge in [0.25, 0.3) is 0 Å². The number of hydrogen-bond donors (Lipinski definition) is 0. The van der Waals surface area contributed by atoms with Crippen molar-refractivity contribution in [2.75, 3.05) is 11.9 Å². The van der Waals surface area contributed by atoms with Crippen LogP contribution in [0.15, 0.2) is 24.3 Å². The van der Waals surface area contributed by atoms with Crippen LogP contribution < -0.4 is 4.90 Å². The lowest BCUT2D eigenvalue weighted by molar-refractivity contribution is -0.118. The first kappa shape index (κ1) is 19.0. The van der Waals surface area contributed by atoms with Gasteiger partial charge in [-0.1, -0.05) is 59.7 Å². The maximum absolute atomic E-state index is 11.3. The summed E-state index contributed by atoms with van der Waals surface area (Å²) in [7, 11) is 1.83. The van der Waals surface area contributed by atoms with Gasteiger partial charge in [0, 0.05) is 19.2 Å². The molecular formula is C16H29NO. The first-order valence-electron chi connectivity index (χ1n) is 7.13. The molecule has 18 heavy (non-hydrogen) atoms. The van der Waals surface area contributed by atoms with Crippen molar-refractivity contribution < 1.29 is 4.79 Å². The molecule has 1 aliphatic rings. The minimum Gasteiger partial charge on any atom is -0.315 e. The largest absolute Gasteiger partial charge is 0.315 e. The van der Waals surface area contributed by atoms with Gasteiger partial charge in [-0.3, -0.25) is 4.79 Å². The van der Waals surface area contributed by atoms with Crippen LogP contribution in [0, 0.1) is 0 Å². The van der Waals surface area contributed by atoms with E-state index >= 15 is 0 Å². The van der Waals surface area contributed by atoms with Gasteiger partial charge >= 0.3 is 0 Å². The standard InChI is InChI=1S/C10H11NO.3C2H6/c1-11-9-5-3-2-4-8(9)6-7-10(11)12;3*1-2/h2-5H,6-7H2,1H3;3*1-2H3. The molecule has 0 bridgehead atoms. The molecule has 2 heteroatoms. The van der Waals surface area contributed by atoms with Crippen LogP contribution >= 0.6 is 0 Å².